The molecule has 1 rings (SSSR count). The molecule has 27 heavy (non-hydrogen) atoms. The second kappa shape index (κ2) is 13.6. The van der Waals surface area contributed by atoms with Crippen molar-refractivity contribution in [2.24, 2.45) is 4.99 Å². The number of nitrogens with zero attached hydrogens (tertiary/aromatic N) is 1. The number of guanidine groups is 1. The molecule has 1 amide bonds. The van der Waals surface area contributed by atoms with Gasteiger partial charge in [0.1, 0.15) is 11.4 Å². The zero-order chi connectivity index (χ0) is 19.4. The van der Waals surface area contributed by atoms with E-state index in [-0.39, 0.29) is 29.8 Å². The van der Waals surface area contributed by atoms with E-state index < -0.39 is 11.7 Å². The van der Waals surface area contributed by atoms with Crippen molar-refractivity contribution in [2.75, 3.05) is 26.2 Å². The van der Waals surface area contributed by atoms with Gasteiger partial charge in [-0.1, -0.05) is 12.1 Å². The SMILES string of the molecule is CCNC(=NCCCc1cccc(F)c1)NCCNC(=O)OC(C)(C)C.I. The highest BCUT2D eigenvalue weighted by Crippen LogP contribution is 2.06. The van der Waals surface area contributed by atoms with Gasteiger partial charge in [-0.3, -0.25) is 4.99 Å². The molecule has 0 bridgehead atoms. The number of carbonyl (C=O) groups is 1. The molecule has 0 fully saturated rings. The maximum atomic E-state index is 13.1. The number of aryl methyl sites for hydroxylation is 1. The Labute approximate surface area is 178 Å². The molecule has 0 unspecified atom stereocenters. The van der Waals surface area contributed by atoms with E-state index in [9.17, 15) is 9.18 Å². The van der Waals surface area contributed by atoms with Gasteiger partial charge in [0.05, 0.1) is 0 Å². The van der Waals surface area contributed by atoms with E-state index in [1.165, 1.54) is 6.07 Å². The summed E-state index contributed by atoms with van der Waals surface area (Å²) >= 11 is 0. The van der Waals surface area contributed by atoms with E-state index in [1.54, 1.807) is 12.1 Å². The second-order valence-electron chi connectivity index (χ2n) is 6.85. The van der Waals surface area contributed by atoms with Crippen molar-refractivity contribution >= 4 is 36.0 Å². The Balaban J connectivity index is 0.00000676. The average molecular weight is 494 g/mol. The van der Waals surface area contributed by atoms with Crippen molar-refractivity contribution in [1.29, 1.82) is 0 Å². The number of halogens is 2. The Bertz CT molecular complexity index is 591. The van der Waals surface area contributed by atoms with Crippen LogP contribution in [0.25, 0.3) is 0 Å². The van der Waals surface area contributed by atoms with Gasteiger partial charge in [-0.25, -0.2) is 9.18 Å². The highest BCUT2D eigenvalue weighted by Gasteiger charge is 2.15. The number of hydrogen-bond acceptors (Lipinski definition) is 3. The molecule has 154 valence electrons. The summed E-state index contributed by atoms with van der Waals surface area (Å²) in [6, 6.07) is 6.63. The van der Waals surface area contributed by atoms with Crippen molar-refractivity contribution < 1.29 is 13.9 Å². The first kappa shape index (κ1) is 25.4. The molecule has 0 saturated carbocycles. The molecular weight excluding hydrogens is 462 g/mol. The number of rotatable bonds is 8. The number of nitrogens with one attached hydrogen (secondary N) is 3. The molecule has 0 aliphatic heterocycles. The topological polar surface area (TPSA) is 74.8 Å². The standard InChI is InChI=1S/C19H31FN4O2.HI/c1-5-21-17(23-12-13-24-18(25)26-19(2,3)4)22-11-7-9-15-8-6-10-16(20)14-15;/h6,8,10,14H,5,7,9,11-13H2,1-4H3,(H,24,25)(H2,21,22,23);1H. The minimum atomic E-state index is -0.504. The zero-order valence-electron chi connectivity index (χ0n) is 16.6. The molecule has 0 aliphatic rings. The fourth-order valence-corrected chi connectivity index (χ4v) is 2.17. The van der Waals surface area contributed by atoms with Gasteiger partial charge in [-0.2, -0.15) is 0 Å². The molecule has 1 aromatic carbocycles. The third-order valence-corrected chi connectivity index (χ3v) is 3.21. The number of ether oxygens (including phenoxy) is 1. The van der Waals surface area contributed by atoms with Gasteiger partial charge in [-0.05, 0) is 58.2 Å². The van der Waals surface area contributed by atoms with Crippen molar-refractivity contribution in [3.8, 4) is 0 Å². The summed E-state index contributed by atoms with van der Waals surface area (Å²) in [5, 5.41) is 9.00. The summed E-state index contributed by atoms with van der Waals surface area (Å²) in [5.41, 5.74) is 0.468. The normalized spacial score (nSPS) is 11.4. The van der Waals surface area contributed by atoms with E-state index in [0.717, 1.165) is 24.9 Å². The second-order valence-corrected chi connectivity index (χ2v) is 6.85. The lowest BCUT2D eigenvalue weighted by molar-refractivity contribution is 0.0529. The van der Waals surface area contributed by atoms with Crippen LogP contribution in [0.1, 0.15) is 39.7 Å². The minimum absolute atomic E-state index is 0. The van der Waals surface area contributed by atoms with Crippen LogP contribution < -0.4 is 16.0 Å². The summed E-state index contributed by atoms with van der Waals surface area (Å²) in [5.74, 6) is 0.483. The highest BCUT2D eigenvalue weighted by molar-refractivity contribution is 14.0. The van der Waals surface area contributed by atoms with Crippen LogP contribution in [-0.2, 0) is 11.2 Å². The minimum Gasteiger partial charge on any atom is -0.444 e. The molecule has 1 aromatic rings. The summed E-state index contributed by atoms with van der Waals surface area (Å²) < 4.78 is 18.3. The number of amides is 1. The lowest BCUT2D eigenvalue weighted by Crippen LogP contribution is -2.42. The molecule has 0 aliphatic carbocycles. The summed E-state index contributed by atoms with van der Waals surface area (Å²) in [4.78, 5) is 16.0. The van der Waals surface area contributed by atoms with Gasteiger partial charge >= 0.3 is 6.09 Å². The van der Waals surface area contributed by atoms with Crippen LogP contribution in [0.5, 0.6) is 0 Å². The predicted octanol–water partition coefficient (Wildman–Crippen LogP) is 3.46. The number of hydrogen-bond donors (Lipinski definition) is 3. The quantitative estimate of drug-likeness (QED) is 0.224. The van der Waals surface area contributed by atoms with Crippen LogP contribution >= 0.6 is 24.0 Å². The van der Waals surface area contributed by atoms with E-state index in [4.69, 9.17) is 4.74 Å². The molecule has 3 N–H and O–H groups in total. The molecule has 0 atom stereocenters. The Morgan fingerprint density at radius 2 is 1.89 bits per heavy atom. The molecule has 0 spiro atoms. The molecule has 6 nitrogen and oxygen atoms in total. The monoisotopic (exact) mass is 494 g/mol. The van der Waals surface area contributed by atoms with Gasteiger partial charge in [-0.15, -0.1) is 24.0 Å². The van der Waals surface area contributed by atoms with Crippen LogP contribution in [0.3, 0.4) is 0 Å². The van der Waals surface area contributed by atoms with Gasteiger partial charge in [0, 0.05) is 26.2 Å². The van der Waals surface area contributed by atoms with Crippen molar-refractivity contribution in [1.82, 2.24) is 16.0 Å². The molecule has 0 saturated heterocycles. The number of benzene rings is 1. The lowest BCUT2D eigenvalue weighted by atomic mass is 10.1. The van der Waals surface area contributed by atoms with Crippen molar-refractivity contribution in [3.63, 3.8) is 0 Å². The van der Waals surface area contributed by atoms with Crippen LogP contribution in [0.15, 0.2) is 29.3 Å². The predicted molar refractivity (Wildman–Crippen MR) is 118 cm³/mol. The molecule has 0 aromatic heterocycles. The molecule has 0 heterocycles. The Kier molecular flexibility index (Phi) is 12.8. The first-order chi connectivity index (χ1) is 12.3. The molecule has 0 radical (unpaired) electrons. The third-order valence-electron chi connectivity index (χ3n) is 3.21. The zero-order valence-corrected chi connectivity index (χ0v) is 18.9. The fourth-order valence-electron chi connectivity index (χ4n) is 2.17. The smallest absolute Gasteiger partial charge is 0.407 e. The average Bonchev–Trinajstić information content (AvgIpc) is 2.54. The lowest BCUT2D eigenvalue weighted by Gasteiger charge is -2.19. The van der Waals surface area contributed by atoms with Crippen LogP contribution in [0.4, 0.5) is 9.18 Å². The van der Waals surface area contributed by atoms with Gasteiger partial charge in [0.25, 0.3) is 0 Å². The van der Waals surface area contributed by atoms with Crippen LogP contribution in [-0.4, -0.2) is 43.8 Å². The Morgan fingerprint density at radius 1 is 1.19 bits per heavy atom. The van der Waals surface area contributed by atoms with Gasteiger partial charge in [0.15, 0.2) is 5.96 Å². The van der Waals surface area contributed by atoms with Crippen LogP contribution in [0.2, 0.25) is 0 Å². The number of alkyl carbamates (subject to hydrolysis) is 1. The van der Waals surface area contributed by atoms with Crippen molar-refractivity contribution in [2.45, 2.75) is 46.1 Å². The summed E-state index contributed by atoms with van der Waals surface area (Å²) in [6.45, 7) is 9.81. The largest absolute Gasteiger partial charge is 0.444 e. The van der Waals surface area contributed by atoms with Crippen molar-refractivity contribution in [3.05, 3.63) is 35.6 Å². The van der Waals surface area contributed by atoms with E-state index in [2.05, 4.69) is 20.9 Å². The Morgan fingerprint density at radius 3 is 2.52 bits per heavy atom. The van der Waals surface area contributed by atoms with Gasteiger partial charge < -0.3 is 20.7 Å². The summed E-state index contributed by atoms with van der Waals surface area (Å²) in [6.07, 6.45) is 1.17. The van der Waals surface area contributed by atoms with Gasteiger partial charge in [0.2, 0.25) is 0 Å². The third kappa shape index (κ3) is 13.3. The van der Waals surface area contributed by atoms with E-state index in [0.29, 0.717) is 25.6 Å². The highest BCUT2D eigenvalue weighted by atomic mass is 127. The molecule has 8 heteroatoms. The van der Waals surface area contributed by atoms with E-state index >= 15 is 0 Å². The van der Waals surface area contributed by atoms with E-state index in [1.807, 2.05) is 33.8 Å². The first-order valence-corrected chi connectivity index (χ1v) is 9.03. The molecular formula is C19H32FIN4O2. The number of aliphatic imine (C=N–C) groups is 1. The number of carbonyl (C=O) groups excluding carboxylic acids is 1. The summed E-state index contributed by atoms with van der Waals surface area (Å²) in [7, 11) is 0. The maximum Gasteiger partial charge on any atom is 0.407 e. The first-order valence-electron chi connectivity index (χ1n) is 9.03. The Hall–Kier alpha value is -1.58. The maximum absolute atomic E-state index is 13.1. The van der Waals surface area contributed by atoms with Crippen LogP contribution in [0, 0.1) is 5.82 Å². The fraction of sp³-hybridized carbons (Fsp3) is 0.579.